The van der Waals surface area contributed by atoms with E-state index in [0.717, 1.165) is 19.3 Å². The molecule has 4 aliphatic rings. The van der Waals surface area contributed by atoms with Crippen LogP contribution in [0, 0.1) is 11.8 Å². The molecule has 0 aromatic heterocycles. The number of fused-ring (bicyclic) bond motifs is 2. The van der Waals surface area contributed by atoms with E-state index >= 15 is 0 Å². The highest BCUT2D eigenvalue weighted by Crippen LogP contribution is 2.58. The summed E-state index contributed by atoms with van der Waals surface area (Å²) >= 11 is 0. The lowest BCUT2D eigenvalue weighted by Crippen LogP contribution is -2.69. The number of ether oxygens (including phenoxy) is 1. The van der Waals surface area contributed by atoms with Gasteiger partial charge >= 0.3 is 5.97 Å². The second-order valence-corrected chi connectivity index (χ2v) is 7.31. The lowest BCUT2D eigenvalue weighted by molar-refractivity contribution is -0.162. The zero-order valence-corrected chi connectivity index (χ0v) is 15.2. The van der Waals surface area contributed by atoms with Gasteiger partial charge in [-0.2, -0.15) is 0 Å². The van der Waals surface area contributed by atoms with E-state index in [0.29, 0.717) is 18.6 Å². The van der Waals surface area contributed by atoms with Crippen LogP contribution < -0.4 is 0 Å². The van der Waals surface area contributed by atoms with Crippen LogP contribution in [0.3, 0.4) is 0 Å². The van der Waals surface area contributed by atoms with Gasteiger partial charge in [-0.1, -0.05) is 30.3 Å². The van der Waals surface area contributed by atoms with E-state index in [1.54, 1.807) is 0 Å². The van der Waals surface area contributed by atoms with Gasteiger partial charge in [0.1, 0.15) is 0 Å². The summed E-state index contributed by atoms with van der Waals surface area (Å²) in [7, 11) is 2.19. The fourth-order valence-corrected chi connectivity index (χ4v) is 5.56. The molecular weight excluding hydrogens is 322 g/mol. The van der Waals surface area contributed by atoms with Gasteiger partial charge < -0.3 is 4.74 Å². The minimum atomic E-state index is -0.0145. The third-order valence-corrected chi connectivity index (χ3v) is 6.59. The van der Waals surface area contributed by atoms with Crippen molar-refractivity contribution in [3.8, 4) is 0 Å². The van der Waals surface area contributed by atoms with Gasteiger partial charge in [0.05, 0.1) is 12.5 Å². The number of carbonyl (C=O) groups excluding carboxylic acids is 1. The zero-order valence-electron chi connectivity index (χ0n) is 14.4. The van der Waals surface area contributed by atoms with Crippen LogP contribution in [0.1, 0.15) is 30.9 Å². The molecule has 2 saturated heterocycles. The molecule has 2 heterocycles. The zero-order chi connectivity index (χ0) is 16.2. The number of hydrogen-bond acceptors (Lipinski definition) is 3. The van der Waals surface area contributed by atoms with Crippen molar-refractivity contribution in [1.29, 1.82) is 0 Å². The normalized spacial score (nSPS) is 36.4. The first-order valence-electron chi connectivity index (χ1n) is 8.73. The van der Waals surface area contributed by atoms with Gasteiger partial charge in [-0.05, 0) is 50.3 Å². The van der Waals surface area contributed by atoms with Crippen molar-refractivity contribution in [2.75, 3.05) is 13.7 Å². The largest absolute Gasteiger partial charge is 0.466 e. The molecular formula is C20H26ClNO2. The van der Waals surface area contributed by atoms with Crippen molar-refractivity contribution in [2.45, 2.75) is 43.7 Å². The van der Waals surface area contributed by atoms with E-state index in [9.17, 15) is 4.79 Å². The predicted octanol–water partition coefficient (Wildman–Crippen LogP) is 3.36. The Morgan fingerprint density at radius 3 is 2.88 bits per heavy atom. The standard InChI is InChI=1S/C20H25NO2.ClH/c1-4-20-12-18-14(19(22)23-5-2)11-16(20)17(21(18)3)10-13-8-6-7-9-15(13)20;/h4,6-9,14,16-18H,1,5,10-12H2,2-3H3;1H/t14?,16?,17?,18?,20-;/m0./s1. The summed E-state index contributed by atoms with van der Waals surface area (Å²) in [6.07, 6.45) is 5.16. The van der Waals surface area contributed by atoms with Crippen molar-refractivity contribution in [2.24, 2.45) is 11.8 Å². The summed E-state index contributed by atoms with van der Waals surface area (Å²) in [4.78, 5) is 14.9. The number of benzene rings is 1. The number of piperidine rings is 2. The Morgan fingerprint density at radius 2 is 2.17 bits per heavy atom. The maximum absolute atomic E-state index is 12.4. The summed E-state index contributed by atoms with van der Waals surface area (Å²) in [5, 5.41) is 0. The van der Waals surface area contributed by atoms with Crippen molar-refractivity contribution >= 4 is 18.4 Å². The minimum absolute atomic E-state index is 0. The van der Waals surface area contributed by atoms with E-state index in [-0.39, 0.29) is 35.8 Å². The molecule has 1 aromatic rings. The average molecular weight is 348 g/mol. The number of carbonyl (C=O) groups is 1. The average Bonchev–Trinajstić information content (AvgIpc) is 2.58. The highest BCUT2D eigenvalue weighted by atomic mass is 35.5. The van der Waals surface area contributed by atoms with Crippen LogP contribution >= 0.6 is 12.4 Å². The highest BCUT2D eigenvalue weighted by Gasteiger charge is 2.61. The predicted molar refractivity (Wildman–Crippen MR) is 97.5 cm³/mol. The summed E-state index contributed by atoms with van der Waals surface area (Å²) in [6.45, 7) is 6.57. The van der Waals surface area contributed by atoms with Crippen molar-refractivity contribution in [1.82, 2.24) is 4.90 Å². The van der Waals surface area contributed by atoms with Gasteiger partial charge in [0.15, 0.2) is 0 Å². The molecule has 3 fully saturated rings. The first-order chi connectivity index (χ1) is 11.1. The van der Waals surface area contributed by atoms with Gasteiger partial charge in [0.25, 0.3) is 0 Å². The Labute approximate surface area is 150 Å². The van der Waals surface area contributed by atoms with Crippen molar-refractivity contribution in [3.63, 3.8) is 0 Å². The van der Waals surface area contributed by atoms with Gasteiger partial charge in [-0.15, -0.1) is 19.0 Å². The minimum Gasteiger partial charge on any atom is -0.466 e. The quantitative estimate of drug-likeness (QED) is 0.620. The molecule has 5 atom stereocenters. The van der Waals surface area contributed by atoms with Gasteiger partial charge in [0.2, 0.25) is 0 Å². The molecule has 5 rings (SSSR count). The Balaban J connectivity index is 0.00000169. The van der Waals surface area contributed by atoms with Gasteiger partial charge in [-0.3, -0.25) is 9.69 Å². The van der Waals surface area contributed by atoms with E-state index in [2.05, 4.69) is 48.9 Å². The number of rotatable bonds is 3. The molecule has 0 radical (unpaired) electrons. The Hall–Kier alpha value is -1.32. The second-order valence-electron chi connectivity index (χ2n) is 7.31. The molecule has 4 bridgehead atoms. The van der Waals surface area contributed by atoms with Gasteiger partial charge in [-0.25, -0.2) is 0 Å². The lowest BCUT2D eigenvalue weighted by atomic mass is 9.49. The molecule has 4 heteroatoms. The summed E-state index contributed by atoms with van der Waals surface area (Å²) in [5.41, 5.74) is 2.92. The third kappa shape index (κ3) is 2.18. The maximum atomic E-state index is 12.4. The maximum Gasteiger partial charge on any atom is 0.310 e. The molecule has 0 N–H and O–H groups in total. The first kappa shape index (κ1) is 17.5. The fraction of sp³-hybridized carbons (Fsp3) is 0.550. The Morgan fingerprint density at radius 1 is 1.42 bits per heavy atom. The van der Waals surface area contributed by atoms with Crippen LogP contribution in [-0.4, -0.2) is 36.6 Å². The molecule has 130 valence electrons. The molecule has 1 aromatic carbocycles. The van der Waals surface area contributed by atoms with Crippen molar-refractivity contribution in [3.05, 3.63) is 48.0 Å². The van der Waals surface area contributed by atoms with Crippen LogP contribution in [0.4, 0.5) is 0 Å². The fourth-order valence-electron chi connectivity index (χ4n) is 5.56. The van der Waals surface area contributed by atoms with Crippen LogP contribution in [0.25, 0.3) is 0 Å². The number of likely N-dealkylation sites (N-methyl/N-ethyl adjacent to an activating group) is 1. The summed E-state index contributed by atoms with van der Waals surface area (Å²) in [6, 6.07) is 9.57. The number of esters is 1. The van der Waals surface area contributed by atoms with Crippen LogP contribution in [0.2, 0.25) is 0 Å². The van der Waals surface area contributed by atoms with Gasteiger partial charge in [0, 0.05) is 17.5 Å². The van der Waals surface area contributed by atoms with Crippen LogP contribution in [0.5, 0.6) is 0 Å². The molecule has 0 spiro atoms. The smallest absolute Gasteiger partial charge is 0.310 e. The third-order valence-electron chi connectivity index (χ3n) is 6.59. The van der Waals surface area contributed by atoms with Crippen molar-refractivity contribution < 1.29 is 9.53 Å². The number of halogens is 1. The second kappa shape index (κ2) is 6.20. The topological polar surface area (TPSA) is 29.5 Å². The lowest BCUT2D eigenvalue weighted by Gasteiger charge is -2.63. The highest BCUT2D eigenvalue weighted by molar-refractivity contribution is 5.85. The molecule has 1 saturated carbocycles. The molecule has 24 heavy (non-hydrogen) atoms. The molecule has 0 amide bonds. The van der Waals surface area contributed by atoms with E-state index in [1.165, 1.54) is 11.1 Å². The van der Waals surface area contributed by atoms with Crippen LogP contribution in [-0.2, 0) is 21.4 Å². The number of allylic oxidation sites excluding steroid dienone is 1. The molecule has 2 aliphatic heterocycles. The number of nitrogens with zero attached hydrogens (tertiary/aromatic N) is 1. The molecule has 2 aliphatic carbocycles. The molecule has 4 unspecified atom stereocenters. The summed E-state index contributed by atoms with van der Waals surface area (Å²) < 4.78 is 5.35. The van der Waals surface area contributed by atoms with E-state index < -0.39 is 0 Å². The Bertz CT molecular complexity index is 661. The molecule has 3 nitrogen and oxygen atoms in total. The van der Waals surface area contributed by atoms with E-state index in [1.807, 2.05) is 6.92 Å². The van der Waals surface area contributed by atoms with E-state index in [4.69, 9.17) is 4.74 Å². The monoisotopic (exact) mass is 347 g/mol. The summed E-state index contributed by atoms with van der Waals surface area (Å²) in [5.74, 6) is 0.457. The Kier molecular flexibility index (Phi) is 4.52. The number of hydrogen-bond donors (Lipinski definition) is 0. The SMILES string of the molecule is C=C[C@@]12CC3C(C(=O)OCC)CC1C(Cc1ccccc12)N3C.Cl. The first-order valence-corrected chi connectivity index (χ1v) is 8.73. The van der Waals surface area contributed by atoms with Crippen LogP contribution in [0.15, 0.2) is 36.9 Å².